The zero-order valence-corrected chi connectivity index (χ0v) is 18.7. The average Bonchev–Trinajstić information content (AvgIpc) is 3.27. The fraction of sp³-hybridized carbons (Fsp3) is 0.273. The van der Waals surface area contributed by atoms with Gasteiger partial charge in [-0.1, -0.05) is 12.1 Å². The second kappa shape index (κ2) is 9.06. The van der Waals surface area contributed by atoms with Gasteiger partial charge in [0.15, 0.2) is 5.13 Å². The highest BCUT2D eigenvalue weighted by Crippen LogP contribution is 2.26. The second-order valence-corrected chi connectivity index (χ2v) is 9.95. The molecule has 1 aromatic heterocycles. The predicted octanol–water partition coefficient (Wildman–Crippen LogP) is 3.13. The molecular weight excluding hydrogens is 432 g/mol. The van der Waals surface area contributed by atoms with E-state index in [0.717, 1.165) is 28.6 Å². The molecule has 0 amide bonds. The minimum Gasteiger partial charge on any atom is -0.497 e. The van der Waals surface area contributed by atoms with E-state index in [1.807, 2.05) is 30.3 Å². The van der Waals surface area contributed by atoms with Crippen molar-refractivity contribution in [3.63, 3.8) is 0 Å². The fourth-order valence-electron chi connectivity index (χ4n) is 3.48. The monoisotopic (exact) mass is 454 g/mol. The topological polar surface area (TPSA) is 86.5 Å². The molecule has 1 aliphatic heterocycles. The summed E-state index contributed by atoms with van der Waals surface area (Å²) in [5, 5.41) is 11.9. The molecule has 0 atom stereocenters. The highest BCUT2D eigenvalue weighted by Gasteiger charge is 2.29. The maximum Gasteiger partial charge on any atom is 0.243 e. The van der Waals surface area contributed by atoms with Crippen LogP contribution in [-0.2, 0) is 16.4 Å². The average molecular weight is 455 g/mol. The standard InChI is InChI=1S/C22H22N4O3S2/c1-29-20-4-2-3-18(14-20)13-19-16-30-22(24-19)25-9-11-26(12-10-25)31(27,28)21-7-5-17(15-23)6-8-21/h2-8,14,16H,9-13H2,1H3. The van der Waals surface area contributed by atoms with E-state index in [1.165, 1.54) is 28.6 Å². The SMILES string of the molecule is COc1cccc(Cc2csc(N3CCN(S(=O)(=O)c4ccc(C#N)cc4)CC3)n2)c1. The van der Waals surface area contributed by atoms with Crippen molar-refractivity contribution in [1.82, 2.24) is 9.29 Å². The zero-order valence-electron chi connectivity index (χ0n) is 17.1. The Balaban J connectivity index is 1.39. The third-order valence-electron chi connectivity index (χ3n) is 5.19. The molecule has 3 aromatic rings. The Kier molecular flexibility index (Phi) is 6.23. The van der Waals surface area contributed by atoms with E-state index in [-0.39, 0.29) is 4.90 Å². The summed E-state index contributed by atoms with van der Waals surface area (Å²) in [6, 6.07) is 16.0. The van der Waals surface area contributed by atoms with Gasteiger partial charge >= 0.3 is 0 Å². The molecule has 0 unspecified atom stereocenters. The summed E-state index contributed by atoms with van der Waals surface area (Å²) in [5.41, 5.74) is 2.56. The minimum absolute atomic E-state index is 0.217. The van der Waals surface area contributed by atoms with Gasteiger partial charge in [-0.2, -0.15) is 9.57 Å². The van der Waals surface area contributed by atoms with Crippen LogP contribution in [0.3, 0.4) is 0 Å². The molecule has 1 saturated heterocycles. The number of benzene rings is 2. The van der Waals surface area contributed by atoms with Crippen LogP contribution in [0.15, 0.2) is 58.8 Å². The number of rotatable bonds is 6. The van der Waals surface area contributed by atoms with E-state index >= 15 is 0 Å². The molecule has 7 nitrogen and oxygen atoms in total. The lowest BCUT2D eigenvalue weighted by Crippen LogP contribution is -2.48. The van der Waals surface area contributed by atoms with Crippen molar-refractivity contribution in [2.45, 2.75) is 11.3 Å². The first-order chi connectivity index (χ1) is 15.0. The van der Waals surface area contributed by atoms with Gasteiger partial charge in [0.05, 0.1) is 29.3 Å². The maximum absolute atomic E-state index is 12.9. The van der Waals surface area contributed by atoms with Gasteiger partial charge in [0, 0.05) is 38.0 Å². The zero-order chi connectivity index (χ0) is 21.8. The first-order valence-corrected chi connectivity index (χ1v) is 12.1. The normalized spacial score (nSPS) is 14.9. The Morgan fingerprint density at radius 2 is 1.87 bits per heavy atom. The Bertz CT molecular complexity index is 1190. The van der Waals surface area contributed by atoms with Crippen molar-refractivity contribution in [2.75, 3.05) is 38.2 Å². The van der Waals surface area contributed by atoms with Crippen LogP contribution in [0.5, 0.6) is 5.75 Å². The van der Waals surface area contributed by atoms with Crippen LogP contribution < -0.4 is 9.64 Å². The highest BCUT2D eigenvalue weighted by atomic mass is 32.2. The van der Waals surface area contributed by atoms with Gasteiger partial charge in [-0.05, 0) is 42.0 Å². The molecule has 0 radical (unpaired) electrons. The number of sulfonamides is 1. The number of aromatic nitrogens is 1. The van der Waals surface area contributed by atoms with E-state index < -0.39 is 10.0 Å². The largest absolute Gasteiger partial charge is 0.497 e. The lowest BCUT2D eigenvalue weighted by atomic mass is 10.1. The van der Waals surface area contributed by atoms with Crippen LogP contribution in [0.1, 0.15) is 16.8 Å². The molecule has 0 spiro atoms. The quantitative estimate of drug-likeness (QED) is 0.569. The first kappa shape index (κ1) is 21.3. The van der Waals surface area contributed by atoms with Crippen molar-refractivity contribution in [3.8, 4) is 11.8 Å². The molecule has 0 aliphatic carbocycles. The van der Waals surface area contributed by atoms with E-state index in [0.29, 0.717) is 31.7 Å². The third-order valence-corrected chi connectivity index (χ3v) is 8.05. The van der Waals surface area contributed by atoms with Crippen LogP contribution in [0, 0.1) is 11.3 Å². The fourth-order valence-corrected chi connectivity index (χ4v) is 5.79. The Morgan fingerprint density at radius 1 is 1.13 bits per heavy atom. The molecule has 2 heterocycles. The second-order valence-electron chi connectivity index (χ2n) is 7.18. The molecule has 160 valence electrons. The van der Waals surface area contributed by atoms with E-state index in [4.69, 9.17) is 15.0 Å². The van der Waals surface area contributed by atoms with E-state index in [2.05, 4.69) is 10.3 Å². The van der Waals surface area contributed by atoms with Crippen LogP contribution in [-0.4, -0.2) is 51.0 Å². The van der Waals surface area contributed by atoms with Crippen molar-refractivity contribution >= 4 is 26.5 Å². The molecule has 1 fully saturated rings. The number of hydrogen-bond donors (Lipinski definition) is 0. The van der Waals surface area contributed by atoms with Gasteiger partial charge in [-0.15, -0.1) is 11.3 Å². The maximum atomic E-state index is 12.9. The summed E-state index contributed by atoms with van der Waals surface area (Å²) in [5.74, 6) is 0.826. The molecule has 9 heteroatoms. The molecule has 2 aromatic carbocycles. The molecule has 0 bridgehead atoms. The Hall–Kier alpha value is -2.93. The van der Waals surface area contributed by atoms with Gasteiger partial charge < -0.3 is 9.64 Å². The summed E-state index contributed by atoms with van der Waals surface area (Å²) in [7, 11) is -1.91. The van der Waals surface area contributed by atoms with Crippen molar-refractivity contribution in [2.24, 2.45) is 0 Å². The predicted molar refractivity (Wildman–Crippen MR) is 120 cm³/mol. The van der Waals surface area contributed by atoms with Gasteiger partial charge in [0.1, 0.15) is 5.75 Å². The van der Waals surface area contributed by atoms with Gasteiger partial charge in [-0.25, -0.2) is 13.4 Å². The van der Waals surface area contributed by atoms with Crippen LogP contribution in [0.25, 0.3) is 0 Å². The molecule has 0 N–H and O–H groups in total. The van der Waals surface area contributed by atoms with Crippen molar-refractivity contribution in [1.29, 1.82) is 5.26 Å². The van der Waals surface area contributed by atoms with Crippen LogP contribution in [0.2, 0.25) is 0 Å². The lowest BCUT2D eigenvalue weighted by Gasteiger charge is -2.33. The van der Waals surface area contributed by atoms with Crippen LogP contribution >= 0.6 is 11.3 Å². The summed E-state index contributed by atoms with van der Waals surface area (Å²) in [4.78, 5) is 7.10. The number of methoxy groups -OCH3 is 1. The van der Waals surface area contributed by atoms with Crippen molar-refractivity contribution < 1.29 is 13.2 Å². The minimum atomic E-state index is -3.57. The number of anilines is 1. The van der Waals surface area contributed by atoms with Gasteiger partial charge in [0.2, 0.25) is 10.0 Å². The summed E-state index contributed by atoms with van der Waals surface area (Å²) < 4.78 is 32.6. The number of thiazole rings is 1. The summed E-state index contributed by atoms with van der Waals surface area (Å²) >= 11 is 1.58. The molecule has 31 heavy (non-hydrogen) atoms. The number of nitrogens with zero attached hydrogens (tertiary/aromatic N) is 4. The molecule has 0 saturated carbocycles. The van der Waals surface area contributed by atoms with Gasteiger partial charge in [-0.3, -0.25) is 0 Å². The molecule has 1 aliphatic rings. The number of piperazine rings is 1. The Labute approximate surface area is 186 Å². The number of hydrogen-bond acceptors (Lipinski definition) is 7. The van der Waals surface area contributed by atoms with Gasteiger partial charge in [0.25, 0.3) is 0 Å². The summed E-state index contributed by atoms with van der Waals surface area (Å²) in [6.07, 6.45) is 0.723. The lowest BCUT2D eigenvalue weighted by molar-refractivity contribution is 0.384. The highest BCUT2D eigenvalue weighted by molar-refractivity contribution is 7.89. The smallest absolute Gasteiger partial charge is 0.243 e. The molecule has 4 rings (SSSR count). The molecular formula is C22H22N4O3S2. The van der Waals surface area contributed by atoms with Crippen LogP contribution in [0.4, 0.5) is 5.13 Å². The Morgan fingerprint density at radius 3 is 2.55 bits per heavy atom. The number of nitriles is 1. The number of ether oxygens (including phenoxy) is 1. The summed E-state index contributed by atoms with van der Waals surface area (Å²) in [6.45, 7) is 1.96. The van der Waals surface area contributed by atoms with E-state index in [1.54, 1.807) is 18.4 Å². The van der Waals surface area contributed by atoms with E-state index in [9.17, 15) is 8.42 Å². The van der Waals surface area contributed by atoms with Crippen molar-refractivity contribution in [3.05, 3.63) is 70.7 Å². The first-order valence-electron chi connectivity index (χ1n) is 9.82. The third kappa shape index (κ3) is 4.71.